The summed E-state index contributed by atoms with van der Waals surface area (Å²) in [6, 6.07) is 0.465. The molecule has 0 spiro atoms. The summed E-state index contributed by atoms with van der Waals surface area (Å²) in [6.07, 6.45) is 5.07. The summed E-state index contributed by atoms with van der Waals surface area (Å²) in [5, 5.41) is 0.969. The van der Waals surface area contributed by atoms with Gasteiger partial charge < -0.3 is 0 Å². The molecule has 2 fully saturated rings. The van der Waals surface area contributed by atoms with Gasteiger partial charge in [0.2, 0.25) is 0 Å². The van der Waals surface area contributed by atoms with Gasteiger partial charge in [0.05, 0.1) is 40.0 Å². The second-order valence-electron chi connectivity index (χ2n) is 6.13. The number of nitrogens with zero attached hydrogens (tertiary/aromatic N) is 3. The minimum Gasteiger partial charge on any atom is -0.292 e. The van der Waals surface area contributed by atoms with E-state index in [1.165, 1.54) is 0 Å². The summed E-state index contributed by atoms with van der Waals surface area (Å²) < 4.78 is 1.74. The van der Waals surface area contributed by atoms with Crippen LogP contribution in [0.2, 0.25) is 0 Å². The molecule has 1 saturated heterocycles. The van der Waals surface area contributed by atoms with Crippen LogP contribution in [0.15, 0.2) is 12.2 Å². The van der Waals surface area contributed by atoms with Crippen LogP contribution in [0.4, 0.5) is 0 Å². The normalized spacial score (nSPS) is 33.7. The van der Waals surface area contributed by atoms with E-state index in [0.29, 0.717) is 6.02 Å². The Balaban J connectivity index is 1.85. The summed E-state index contributed by atoms with van der Waals surface area (Å²) in [6.45, 7) is 0. The molecule has 1 heterocycles. The number of hydrogen-bond donors (Lipinski definition) is 0. The summed E-state index contributed by atoms with van der Waals surface area (Å²) in [5.74, 6) is -0.420. The monoisotopic (exact) mass is 278 g/mol. The van der Waals surface area contributed by atoms with Crippen LogP contribution in [0.5, 0.6) is 0 Å². The van der Waals surface area contributed by atoms with E-state index in [2.05, 4.69) is 12.2 Å². The van der Waals surface area contributed by atoms with Gasteiger partial charge in [-0.3, -0.25) is 14.4 Å². The number of allylic oxidation sites excluding steroid dienone is 2. The highest BCUT2D eigenvalue weighted by Crippen LogP contribution is 2.52. The molecule has 0 radical (unpaired) electrons. The fourth-order valence-electron chi connectivity index (χ4n) is 3.61. The molecule has 1 aliphatic heterocycles. The van der Waals surface area contributed by atoms with Gasteiger partial charge in [-0.2, -0.15) is 0 Å². The molecule has 3 aliphatic rings. The average Bonchev–Trinajstić information content (AvgIpc) is 3.02. The average molecular weight is 278 g/mol. The molecule has 3 rings (SSSR count). The van der Waals surface area contributed by atoms with Crippen molar-refractivity contribution in [1.82, 2.24) is 9.96 Å². The number of fused-ring (bicyclic) bond motifs is 5. The van der Waals surface area contributed by atoms with E-state index in [-0.39, 0.29) is 35.5 Å². The molecule has 0 aromatic carbocycles. The number of carbonyl (C=O) groups is 2. The molecule has 108 valence electrons. The van der Waals surface area contributed by atoms with E-state index in [1.54, 1.807) is 9.48 Å². The van der Waals surface area contributed by atoms with Gasteiger partial charge in [-0.15, -0.1) is 0 Å². The first-order valence-electron chi connectivity index (χ1n) is 6.87. The molecular weight excluding hydrogens is 258 g/mol. The highest BCUT2D eigenvalue weighted by atomic mass is 16.7. The van der Waals surface area contributed by atoms with Crippen molar-refractivity contribution in [3.8, 4) is 0 Å². The van der Waals surface area contributed by atoms with Crippen molar-refractivity contribution in [3.05, 3.63) is 12.2 Å². The molecule has 2 bridgehead atoms. The van der Waals surface area contributed by atoms with Crippen LogP contribution in [0, 0.1) is 23.7 Å². The SMILES string of the molecule is CN(C)C(ON1C(=O)[C@@H]2[C@H](C1=O)[C@@H]1C=C[C@@H]2C1)=[N+](C)C. The molecule has 0 aromatic heterocycles. The smallest absolute Gasteiger partial charge is 0.292 e. The molecule has 4 atom stereocenters. The second-order valence-corrected chi connectivity index (χ2v) is 6.13. The Labute approximate surface area is 118 Å². The molecule has 6 nitrogen and oxygen atoms in total. The van der Waals surface area contributed by atoms with Gasteiger partial charge in [0.25, 0.3) is 11.8 Å². The predicted molar refractivity (Wildman–Crippen MR) is 71.5 cm³/mol. The zero-order valence-electron chi connectivity index (χ0n) is 12.2. The number of amides is 2. The van der Waals surface area contributed by atoms with Gasteiger partial charge in [-0.25, -0.2) is 9.48 Å². The first-order valence-corrected chi connectivity index (χ1v) is 6.87. The first kappa shape index (κ1) is 13.1. The van der Waals surface area contributed by atoms with E-state index in [0.717, 1.165) is 11.5 Å². The van der Waals surface area contributed by atoms with Crippen molar-refractivity contribution in [2.45, 2.75) is 6.42 Å². The fraction of sp³-hybridized carbons (Fsp3) is 0.643. The fourth-order valence-corrected chi connectivity index (χ4v) is 3.61. The Morgan fingerprint density at radius 1 is 1.20 bits per heavy atom. The Hall–Kier alpha value is -1.85. The maximum atomic E-state index is 12.5. The van der Waals surface area contributed by atoms with E-state index >= 15 is 0 Å². The topological polar surface area (TPSA) is 52.9 Å². The lowest BCUT2D eigenvalue weighted by molar-refractivity contribution is -0.484. The number of amidine groups is 1. The lowest BCUT2D eigenvalue weighted by Crippen LogP contribution is -2.42. The summed E-state index contributed by atoms with van der Waals surface area (Å²) in [4.78, 5) is 32.3. The first-order chi connectivity index (χ1) is 9.41. The van der Waals surface area contributed by atoms with Gasteiger partial charge in [0, 0.05) is 0 Å². The molecule has 20 heavy (non-hydrogen) atoms. The molecule has 0 unspecified atom stereocenters. The Morgan fingerprint density at radius 2 is 1.70 bits per heavy atom. The third-order valence-corrected chi connectivity index (χ3v) is 4.37. The number of carbonyl (C=O) groups excluding carboxylic acids is 2. The number of rotatable bonds is 1. The molecular formula is C14H20N3O3+. The molecule has 2 aliphatic carbocycles. The van der Waals surface area contributed by atoms with Crippen molar-refractivity contribution in [1.29, 1.82) is 0 Å². The summed E-state index contributed by atoms with van der Waals surface area (Å²) in [7, 11) is 7.25. The van der Waals surface area contributed by atoms with Crippen LogP contribution >= 0.6 is 0 Å². The Bertz CT molecular complexity index is 504. The van der Waals surface area contributed by atoms with Crippen molar-refractivity contribution >= 4 is 17.8 Å². The van der Waals surface area contributed by atoms with E-state index in [4.69, 9.17) is 4.84 Å². The van der Waals surface area contributed by atoms with E-state index in [9.17, 15) is 9.59 Å². The van der Waals surface area contributed by atoms with Crippen molar-refractivity contribution in [3.63, 3.8) is 0 Å². The molecule has 0 N–H and O–H groups in total. The standard InChI is InChI=1S/C14H20N3O3/c1-15(2)14(16(3)4)20-17-12(18)10-8-5-6-9(7-8)11(10)13(17)19/h5-6,8-11H,7H2,1-4H3/q+1/t8-,9-,10-,11+/m1/s1. The zero-order valence-corrected chi connectivity index (χ0v) is 12.2. The minimum absolute atomic E-state index is 0.196. The van der Waals surface area contributed by atoms with Gasteiger partial charge in [0.1, 0.15) is 0 Å². The highest BCUT2D eigenvalue weighted by Gasteiger charge is 2.61. The highest BCUT2D eigenvalue weighted by molar-refractivity contribution is 6.06. The maximum absolute atomic E-state index is 12.5. The third kappa shape index (κ3) is 1.67. The van der Waals surface area contributed by atoms with Crippen LogP contribution in [-0.4, -0.2) is 60.6 Å². The lowest BCUT2D eigenvalue weighted by Gasteiger charge is -2.18. The number of hydrogen-bond acceptors (Lipinski definition) is 3. The Morgan fingerprint density at radius 3 is 2.10 bits per heavy atom. The van der Waals surface area contributed by atoms with Gasteiger partial charge in [-0.1, -0.05) is 17.2 Å². The zero-order chi connectivity index (χ0) is 14.6. The maximum Gasteiger partial charge on any atom is 0.470 e. The lowest BCUT2D eigenvalue weighted by atomic mass is 9.85. The van der Waals surface area contributed by atoms with Crippen molar-refractivity contribution in [2.75, 3.05) is 28.2 Å². The van der Waals surface area contributed by atoms with Crippen LogP contribution < -0.4 is 0 Å². The van der Waals surface area contributed by atoms with Gasteiger partial charge in [0.15, 0.2) is 0 Å². The Kier molecular flexibility index (Phi) is 2.84. The third-order valence-electron chi connectivity index (χ3n) is 4.37. The van der Waals surface area contributed by atoms with Crippen molar-refractivity contribution in [2.24, 2.45) is 23.7 Å². The van der Waals surface area contributed by atoms with Crippen LogP contribution in [0.25, 0.3) is 0 Å². The number of imide groups is 1. The van der Waals surface area contributed by atoms with E-state index < -0.39 is 0 Å². The minimum atomic E-state index is -0.219. The summed E-state index contributed by atoms with van der Waals surface area (Å²) >= 11 is 0. The molecule has 1 saturated carbocycles. The predicted octanol–water partition coefficient (Wildman–Crippen LogP) is -0.0852. The van der Waals surface area contributed by atoms with Gasteiger partial charge in [-0.05, 0) is 18.3 Å². The van der Waals surface area contributed by atoms with Gasteiger partial charge >= 0.3 is 6.02 Å². The number of hydroxylamine groups is 2. The second kappa shape index (κ2) is 4.33. The van der Waals surface area contributed by atoms with Crippen LogP contribution in [0.3, 0.4) is 0 Å². The molecule has 6 heteroatoms. The molecule has 0 aromatic rings. The van der Waals surface area contributed by atoms with E-state index in [1.807, 2.05) is 28.2 Å². The van der Waals surface area contributed by atoms with Crippen LogP contribution in [0.1, 0.15) is 6.42 Å². The van der Waals surface area contributed by atoms with Crippen molar-refractivity contribution < 1.29 is 19.0 Å². The summed E-state index contributed by atoms with van der Waals surface area (Å²) in [5.41, 5.74) is 0. The van der Waals surface area contributed by atoms with Crippen LogP contribution in [-0.2, 0) is 14.4 Å². The largest absolute Gasteiger partial charge is 0.470 e. The molecule has 2 amide bonds. The quantitative estimate of drug-likeness (QED) is 0.221.